The number of rotatable bonds is 7. The third-order valence-electron chi connectivity index (χ3n) is 4.00. The van der Waals surface area contributed by atoms with Gasteiger partial charge in [-0.15, -0.1) is 0 Å². The minimum absolute atomic E-state index is 0.0174. The fraction of sp³-hybridized carbons (Fsp3) is 0.150. The molecule has 146 valence electrons. The van der Waals surface area contributed by atoms with Crippen LogP contribution in [0.3, 0.4) is 0 Å². The zero-order chi connectivity index (χ0) is 20.1. The molecule has 0 saturated heterocycles. The van der Waals surface area contributed by atoms with Crippen molar-refractivity contribution in [2.75, 3.05) is 24.3 Å². The van der Waals surface area contributed by atoms with E-state index in [4.69, 9.17) is 9.47 Å². The van der Waals surface area contributed by atoms with Crippen molar-refractivity contribution >= 4 is 27.2 Å². The molecule has 3 rings (SSSR count). The van der Waals surface area contributed by atoms with E-state index in [0.29, 0.717) is 17.3 Å². The topological polar surface area (TPSA) is 89.5 Å². The van der Waals surface area contributed by atoms with Crippen LogP contribution in [0.25, 0.3) is 0 Å². The summed E-state index contributed by atoms with van der Waals surface area (Å²) in [6, 6.07) is 15.8. The molecule has 0 aliphatic rings. The number of nitrogens with one attached hydrogen (secondary N) is 2. The lowest BCUT2D eigenvalue weighted by molar-refractivity contribution is 0.392. The maximum atomic E-state index is 12.8. The monoisotopic (exact) mass is 399 g/mol. The van der Waals surface area contributed by atoms with Crippen LogP contribution in [0.15, 0.2) is 65.7 Å². The number of hydrogen-bond donors (Lipinski definition) is 2. The Morgan fingerprint density at radius 2 is 1.61 bits per heavy atom. The molecule has 0 spiro atoms. The molecule has 1 heterocycles. The third-order valence-corrected chi connectivity index (χ3v) is 5.40. The molecule has 0 radical (unpaired) electrons. The average molecular weight is 399 g/mol. The maximum Gasteiger partial charge on any atom is 0.265 e. The summed E-state index contributed by atoms with van der Waals surface area (Å²) < 4.78 is 38.3. The lowest BCUT2D eigenvalue weighted by Crippen LogP contribution is -2.14. The van der Waals surface area contributed by atoms with Crippen LogP contribution < -0.4 is 19.5 Å². The van der Waals surface area contributed by atoms with Crippen LogP contribution >= 0.6 is 0 Å². The predicted molar refractivity (Wildman–Crippen MR) is 109 cm³/mol. The number of methoxy groups -OCH3 is 2. The van der Waals surface area contributed by atoms with E-state index in [9.17, 15) is 8.42 Å². The Balaban J connectivity index is 1.78. The quantitative estimate of drug-likeness (QED) is 0.625. The van der Waals surface area contributed by atoms with Crippen molar-refractivity contribution in [3.8, 4) is 11.5 Å². The van der Waals surface area contributed by atoms with Crippen molar-refractivity contribution in [1.29, 1.82) is 0 Å². The molecule has 28 heavy (non-hydrogen) atoms. The van der Waals surface area contributed by atoms with Gasteiger partial charge in [0.15, 0.2) is 0 Å². The van der Waals surface area contributed by atoms with Gasteiger partial charge < -0.3 is 14.8 Å². The Hall–Kier alpha value is -3.26. The van der Waals surface area contributed by atoms with E-state index in [-0.39, 0.29) is 10.6 Å². The lowest BCUT2D eigenvalue weighted by atomic mass is 10.2. The molecule has 7 nitrogen and oxygen atoms in total. The van der Waals surface area contributed by atoms with Gasteiger partial charge >= 0.3 is 0 Å². The van der Waals surface area contributed by atoms with E-state index in [1.807, 2.05) is 31.2 Å². The second-order valence-corrected chi connectivity index (χ2v) is 7.70. The number of benzene rings is 2. The van der Waals surface area contributed by atoms with Gasteiger partial charge in [-0.1, -0.05) is 17.7 Å². The van der Waals surface area contributed by atoms with Gasteiger partial charge in [0, 0.05) is 11.8 Å². The smallest absolute Gasteiger partial charge is 0.265 e. The molecule has 0 atom stereocenters. The van der Waals surface area contributed by atoms with Crippen LogP contribution in [0.4, 0.5) is 17.2 Å². The van der Waals surface area contributed by atoms with Crippen LogP contribution in [0.5, 0.6) is 11.5 Å². The third kappa shape index (κ3) is 4.52. The summed E-state index contributed by atoms with van der Waals surface area (Å²) in [6.07, 6.45) is 1.45. The standard InChI is InChI=1S/C20H21N3O4S/c1-14-4-6-15(7-5-14)22-20-11-8-16(13-21-20)23-28(24,25)19-12-17(26-2)9-10-18(19)27-3/h4-13,23H,1-3H3,(H,21,22). The molecule has 1 aromatic heterocycles. The van der Waals surface area contributed by atoms with E-state index >= 15 is 0 Å². The Labute approximate surface area is 164 Å². The van der Waals surface area contributed by atoms with Gasteiger partial charge in [0.25, 0.3) is 10.0 Å². The summed E-state index contributed by atoms with van der Waals surface area (Å²) in [5, 5.41) is 3.16. The summed E-state index contributed by atoms with van der Waals surface area (Å²) in [6.45, 7) is 2.01. The first-order valence-electron chi connectivity index (χ1n) is 8.46. The summed E-state index contributed by atoms with van der Waals surface area (Å²) in [5.41, 5.74) is 2.39. The molecule has 0 aliphatic carbocycles. The first-order chi connectivity index (χ1) is 13.4. The van der Waals surface area contributed by atoms with E-state index in [0.717, 1.165) is 11.3 Å². The van der Waals surface area contributed by atoms with Crippen LogP contribution in [0.2, 0.25) is 0 Å². The number of aryl methyl sites for hydroxylation is 1. The lowest BCUT2D eigenvalue weighted by Gasteiger charge is -2.13. The highest BCUT2D eigenvalue weighted by Crippen LogP contribution is 2.29. The molecule has 2 N–H and O–H groups in total. The molecular formula is C20H21N3O4S. The Bertz CT molecular complexity index is 1050. The molecule has 0 fully saturated rings. The van der Waals surface area contributed by atoms with E-state index in [1.54, 1.807) is 24.3 Å². The van der Waals surface area contributed by atoms with Gasteiger partial charge in [-0.25, -0.2) is 13.4 Å². The van der Waals surface area contributed by atoms with E-state index in [2.05, 4.69) is 15.0 Å². The van der Waals surface area contributed by atoms with Gasteiger partial charge in [0.2, 0.25) is 0 Å². The molecule has 0 bridgehead atoms. The number of pyridine rings is 1. The number of sulfonamides is 1. The van der Waals surface area contributed by atoms with Crippen molar-refractivity contribution < 1.29 is 17.9 Å². The zero-order valence-corrected chi connectivity index (χ0v) is 16.6. The summed E-state index contributed by atoms with van der Waals surface area (Å²) in [4.78, 5) is 4.24. The SMILES string of the molecule is COc1ccc(OC)c(S(=O)(=O)Nc2ccc(Nc3ccc(C)cc3)nc2)c1. The van der Waals surface area contributed by atoms with Crippen molar-refractivity contribution in [1.82, 2.24) is 4.98 Å². The zero-order valence-electron chi connectivity index (χ0n) is 15.8. The van der Waals surface area contributed by atoms with Gasteiger partial charge in [-0.05, 0) is 43.3 Å². The highest BCUT2D eigenvalue weighted by molar-refractivity contribution is 7.92. The van der Waals surface area contributed by atoms with Crippen molar-refractivity contribution in [3.05, 3.63) is 66.4 Å². The van der Waals surface area contributed by atoms with E-state index in [1.165, 1.54) is 26.5 Å². The van der Waals surface area contributed by atoms with Crippen molar-refractivity contribution in [2.24, 2.45) is 0 Å². The number of hydrogen-bond acceptors (Lipinski definition) is 6. The molecule has 8 heteroatoms. The van der Waals surface area contributed by atoms with Crippen LogP contribution in [0.1, 0.15) is 5.56 Å². The largest absolute Gasteiger partial charge is 0.497 e. The minimum atomic E-state index is -3.88. The molecule has 2 aromatic carbocycles. The Morgan fingerprint density at radius 3 is 2.21 bits per heavy atom. The second kappa shape index (κ2) is 8.18. The number of nitrogens with zero attached hydrogens (tertiary/aromatic N) is 1. The molecule has 0 saturated carbocycles. The molecule has 0 aliphatic heterocycles. The van der Waals surface area contributed by atoms with Gasteiger partial charge in [-0.3, -0.25) is 4.72 Å². The molecule has 3 aromatic rings. The first kappa shape index (κ1) is 19.5. The fourth-order valence-electron chi connectivity index (χ4n) is 2.52. The minimum Gasteiger partial charge on any atom is -0.497 e. The summed E-state index contributed by atoms with van der Waals surface area (Å²) in [7, 11) is -1.00. The Kier molecular flexibility index (Phi) is 5.70. The normalized spacial score (nSPS) is 11.0. The maximum absolute atomic E-state index is 12.8. The van der Waals surface area contributed by atoms with Gasteiger partial charge in [0.1, 0.15) is 22.2 Å². The fourth-order valence-corrected chi connectivity index (χ4v) is 3.75. The summed E-state index contributed by atoms with van der Waals surface area (Å²) >= 11 is 0. The van der Waals surface area contributed by atoms with Gasteiger partial charge in [0.05, 0.1) is 26.1 Å². The highest BCUT2D eigenvalue weighted by atomic mass is 32.2. The Morgan fingerprint density at radius 1 is 0.893 bits per heavy atom. The molecular weight excluding hydrogens is 378 g/mol. The second-order valence-electron chi connectivity index (χ2n) is 6.05. The summed E-state index contributed by atoms with van der Waals surface area (Å²) in [5.74, 6) is 1.24. The van der Waals surface area contributed by atoms with Crippen LogP contribution in [0, 0.1) is 6.92 Å². The number of anilines is 3. The van der Waals surface area contributed by atoms with Crippen molar-refractivity contribution in [3.63, 3.8) is 0 Å². The van der Waals surface area contributed by atoms with Gasteiger partial charge in [-0.2, -0.15) is 0 Å². The average Bonchev–Trinajstić information content (AvgIpc) is 2.70. The van der Waals surface area contributed by atoms with Crippen LogP contribution in [-0.4, -0.2) is 27.6 Å². The van der Waals surface area contributed by atoms with E-state index < -0.39 is 10.0 Å². The molecule has 0 unspecified atom stereocenters. The predicted octanol–water partition coefficient (Wildman–Crippen LogP) is 3.95. The van der Waals surface area contributed by atoms with Crippen LogP contribution in [-0.2, 0) is 10.0 Å². The molecule has 0 amide bonds. The highest BCUT2D eigenvalue weighted by Gasteiger charge is 2.21. The number of ether oxygens (including phenoxy) is 2. The number of aromatic nitrogens is 1. The van der Waals surface area contributed by atoms with Crippen molar-refractivity contribution in [2.45, 2.75) is 11.8 Å². The first-order valence-corrected chi connectivity index (χ1v) is 9.94.